The molecule has 0 amide bonds. The zero-order valence-corrected chi connectivity index (χ0v) is 7.41. The van der Waals surface area contributed by atoms with Crippen LogP contribution < -0.4 is 4.90 Å². The third-order valence-electron chi connectivity index (χ3n) is 1.59. The highest BCUT2D eigenvalue weighted by Crippen LogP contribution is 2.22. The molecule has 0 spiro atoms. The van der Waals surface area contributed by atoms with Crippen LogP contribution in [0.1, 0.15) is 0 Å². The molecule has 3 nitrogen and oxygen atoms in total. The van der Waals surface area contributed by atoms with Crippen molar-refractivity contribution < 1.29 is 9.18 Å². The Kier molecular flexibility index (Phi) is 2.77. The normalized spacial score (nSPS) is 9.15. The first kappa shape index (κ1) is 9.42. The van der Waals surface area contributed by atoms with E-state index in [-0.39, 0.29) is 5.69 Å². The highest BCUT2D eigenvalue weighted by atomic mass is 19.1. The summed E-state index contributed by atoms with van der Waals surface area (Å²) in [7, 11) is 3.47. The van der Waals surface area contributed by atoms with Gasteiger partial charge in [-0.15, -0.1) is 0 Å². The first-order valence-electron chi connectivity index (χ1n) is 3.70. The minimum absolute atomic E-state index is 0.276. The van der Waals surface area contributed by atoms with Gasteiger partial charge in [0.1, 0.15) is 5.82 Å². The molecule has 0 aromatic heterocycles. The summed E-state index contributed by atoms with van der Waals surface area (Å²) >= 11 is 0. The fraction of sp³-hybridized carbons (Fsp3) is 0.222. The average Bonchev–Trinajstić information content (AvgIpc) is 2.04. The van der Waals surface area contributed by atoms with Crippen molar-refractivity contribution in [1.29, 1.82) is 0 Å². The summed E-state index contributed by atoms with van der Waals surface area (Å²) in [6, 6.07) is 4.31. The van der Waals surface area contributed by atoms with Crippen molar-refractivity contribution in [2.45, 2.75) is 0 Å². The van der Waals surface area contributed by atoms with Gasteiger partial charge in [-0.25, -0.2) is 9.18 Å². The summed E-state index contributed by atoms with van der Waals surface area (Å²) < 4.78 is 13.2. The molecular weight excluding hydrogens is 171 g/mol. The highest BCUT2D eigenvalue weighted by molar-refractivity contribution is 5.56. The monoisotopic (exact) mass is 180 g/mol. The fourth-order valence-electron chi connectivity index (χ4n) is 0.981. The molecule has 0 unspecified atom stereocenters. The number of anilines is 1. The SMILES string of the molecule is CN(C)c1ccc(N=C=O)cc1F. The molecule has 0 atom stereocenters. The van der Waals surface area contributed by atoms with Crippen LogP contribution in [0.25, 0.3) is 0 Å². The van der Waals surface area contributed by atoms with Crippen LogP contribution in [-0.2, 0) is 4.79 Å². The van der Waals surface area contributed by atoms with Gasteiger partial charge in [0.25, 0.3) is 0 Å². The number of nitrogens with zero attached hydrogens (tertiary/aromatic N) is 2. The largest absolute Gasteiger partial charge is 0.375 e. The number of hydrogen-bond donors (Lipinski definition) is 0. The standard InChI is InChI=1S/C9H9FN2O/c1-12(2)9-4-3-7(11-6-13)5-8(9)10/h3-5H,1-2H3. The van der Waals surface area contributed by atoms with Crippen LogP contribution in [0.5, 0.6) is 0 Å². The third kappa shape index (κ3) is 2.13. The quantitative estimate of drug-likeness (QED) is 0.514. The van der Waals surface area contributed by atoms with Gasteiger partial charge in [-0.3, -0.25) is 0 Å². The van der Waals surface area contributed by atoms with Crippen molar-refractivity contribution >= 4 is 17.5 Å². The summed E-state index contributed by atoms with van der Waals surface area (Å²) in [6.07, 6.45) is 1.35. The summed E-state index contributed by atoms with van der Waals surface area (Å²) in [6.45, 7) is 0. The van der Waals surface area contributed by atoms with Gasteiger partial charge in [0, 0.05) is 20.2 Å². The smallest absolute Gasteiger partial charge is 0.240 e. The molecule has 0 heterocycles. The van der Waals surface area contributed by atoms with Gasteiger partial charge >= 0.3 is 0 Å². The summed E-state index contributed by atoms with van der Waals surface area (Å²) in [5.41, 5.74) is 0.739. The van der Waals surface area contributed by atoms with E-state index >= 15 is 0 Å². The Morgan fingerprint density at radius 2 is 2.15 bits per heavy atom. The predicted molar refractivity (Wildman–Crippen MR) is 48.5 cm³/mol. The van der Waals surface area contributed by atoms with Crippen LogP contribution in [0.3, 0.4) is 0 Å². The van der Waals surface area contributed by atoms with Crippen molar-refractivity contribution in [3.63, 3.8) is 0 Å². The lowest BCUT2D eigenvalue weighted by Gasteiger charge is -2.12. The van der Waals surface area contributed by atoms with E-state index < -0.39 is 5.82 Å². The Hall–Kier alpha value is -1.67. The van der Waals surface area contributed by atoms with Crippen LogP contribution in [-0.4, -0.2) is 20.2 Å². The van der Waals surface area contributed by atoms with Crippen LogP contribution in [0.4, 0.5) is 15.8 Å². The number of rotatable bonds is 2. The average molecular weight is 180 g/mol. The molecule has 0 saturated carbocycles. The fourth-order valence-corrected chi connectivity index (χ4v) is 0.981. The van der Waals surface area contributed by atoms with Crippen molar-refractivity contribution in [2.75, 3.05) is 19.0 Å². The van der Waals surface area contributed by atoms with E-state index in [9.17, 15) is 9.18 Å². The van der Waals surface area contributed by atoms with Crippen molar-refractivity contribution in [2.24, 2.45) is 4.99 Å². The number of carbonyl (C=O) groups excluding carboxylic acids is 1. The second-order valence-corrected chi connectivity index (χ2v) is 2.73. The van der Waals surface area contributed by atoms with E-state index in [0.29, 0.717) is 5.69 Å². The zero-order valence-electron chi connectivity index (χ0n) is 7.41. The summed E-state index contributed by atoms with van der Waals surface area (Å²) in [5, 5.41) is 0. The molecule has 0 N–H and O–H groups in total. The lowest BCUT2D eigenvalue weighted by atomic mass is 10.2. The molecule has 0 aliphatic rings. The Labute approximate surface area is 75.5 Å². The molecule has 1 aromatic carbocycles. The lowest BCUT2D eigenvalue weighted by Crippen LogP contribution is -2.10. The van der Waals surface area contributed by atoms with Crippen LogP contribution in [0.2, 0.25) is 0 Å². The van der Waals surface area contributed by atoms with E-state index in [1.54, 1.807) is 31.1 Å². The molecule has 0 aliphatic heterocycles. The maximum absolute atomic E-state index is 13.2. The molecule has 68 valence electrons. The van der Waals surface area contributed by atoms with E-state index in [1.807, 2.05) is 0 Å². The minimum Gasteiger partial charge on any atom is -0.375 e. The molecule has 1 rings (SSSR count). The molecule has 0 radical (unpaired) electrons. The van der Waals surface area contributed by atoms with Gasteiger partial charge in [-0.2, -0.15) is 4.99 Å². The van der Waals surface area contributed by atoms with Gasteiger partial charge in [-0.1, -0.05) is 0 Å². The Bertz CT molecular complexity index is 357. The Morgan fingerprint density at radius 3 is 2.62 bits per heavy atom. The Morgan fingerprint density at radius 1 is 1.46 bits per heavy atom. The van der Waals surface area contributed by atoms with E-state index in [1.165, 1.54) is 12.1 Å². The molecule has 4 heteroatoms. The van der Waals surface area contributed by atoms with Gasteiger partial charge < -0.3 is 4.90 Å². The topological polar surface area (TPSA) is 32.7 Å². The van der Waals surface area contributed by atoms with Gasteiger partial charge in [0.2, 0.25) is 6.08 Å². The number of hydrogen-bond acceptors (Lipinski definition) is 3. The third-order valence-corrected chi connectivity index (χ3v) is 1.59. The van der Waals surface area contributed by atoms with E-state index in [2.05, 4.69) is 4.99 Å². The molecule has 13 heavy (non-hydrogen) atoms. The molecule has 0 bridgehead atoms. The first-order valence-corrected chi connectivity index (χ1v) is 3.70. The maximum atomic E-state index is 13.2. The highest BCUT2D eigenvalue weighted by Gasteiger charge is 2.03. The number of isocyanates is 1. The van der Waals surface area contributed by atoms with Crippen molar-refractivity contribution in [3.8, 4) is 0 Å². The number of halogens is 1. The van der Waals surface area contributed by atoms with Gasteiger partial charge in [-0.05, 0) is 12.1 Å². The predicted octanol–water partition coefficient (Wildman–Crippen LogP) is 1.86. The van der Waals surface area contributed by atoms with Crippen LogP contribution >= 0.6 is 0 Å². The van der Waals surface area contributed by atoms with Crippen LogP contribution in [0.15, 0.2) is 23.2 Å². The molecule has 0 aliphatic carbocycles. The zero-order chi connectivity index (χ0) is 9.84. The Balaban J connectivity index is 3.12. The molecule has 0 fully saturated rings. The summed E-state index contributed by atoms with van der Waals surface area (Å²) in [5.74, 6) is -0.401. The minimum atomic E-state index is -0.401. The summed E-state index contributed by atoms with van der Waals surface area (Å²) in [4.78, 5) is 14.8. The lowest BCUT2D eigenvalue weighted by molar-refractivity contribution is 0.565. The van der Waals surface area contributed by atoms with E-state index in [4.69, 9.17) is 0 Å². The number of benzene rings is 1. The van der Waals surface area contributed by atoms with Crippen LogP contribution in [0, 0.1) is 5.82 Å². The van der Waals surface area contributed by atoms with Gasteiger partial charge in [0.15, 0.2) is 0 Å². The molecular formula is C9H9FN2O. The molecule has 0 saturated heterocycles. The second-order valence-electron chi connectivity index (χ2n) is 2.73. The van der Waals surface area contributed by atoms with Gasteiger partial charge in [0.05, 0.1) is 11.4 Å². The maximum Gasteiger partial charge on any atom is 0.240 e. The van der Waals surface area contributed by atoms with E-state index in [0.717, 1.165) is 0 Å². The molecule has 1 aromatic rings. The second kappa shape index (κ2) is 3.83. The van der Waals surface area contributed by atoms with Crippen molar-refractivity contribution in [1.82, 2.24) is 0 Å². The van der Waals surface area contributed by atoms with Crippen molar-refractivity contribution in [3.05, 3.63) is 24.0 Å². The number of aliphatic imine (C=N–C) groups is 1. The first-order chi connectivity index (χ1) is 6.15.